The number of pyridine rings is 3. The van der Waals surface area contributed by atoms with Crippen LogP contribution in [0.3, 0.4) is 0 Å². The zero-order valence-electron chi connectivity index (χ0n) is 18.0. The van der Waals surface area contributed by atoms with Gasteiger partial charge >= 0.3 is 0 Å². The molecule has 7 aromatic rings. The van der Waals surface area contributed by atoms with Crippen LogP contribution in [0.1, 0.15) is 0 Å². The Labute approximate surface area is 212 Å². The summed E-state index contributed by atoms with van der Waals surface area (Å²) in [7, 11) is 0. The van der Waals surface area contributed by atoms with Crippen LogP contribution in [0.5, 0.6) is 17.4 Å². The van der Waals surface area contributed by atoms with Crippen molar-refractivity contribution in [1.82, 2.24) is 19.5 Å². The van der Waals surface area contributed by atoms with Crippen LogP contribution in [0.4, 0.5) is 0 Å². The molecule has 5 aromatic heterocycles. The minimum Gasteiger partial charge on any atom is -0.517 e. The Morgan fingerprint density at radius 2 is 1.74 bits per heavy atom. The van der Waals surface area contributed by atoms with E-state index < -0.39 is 0 Å². The van der Waals surface area contributed by atoms with E-state index in [2.05, 4.69) is 28.2 Å². The van der Waals surface area contributed by atoms with Crippen molar-refractivity contribution < 1.29 is 35.3 Å². The van der Waals surface area contributed by atoms with Crippen LogP contribution >= 0.6 is 0 Å². The molecule has 0 aliphatic rings. The standard InChI is InChI=1S/C27H15N4O3.Pt/c32-21-12-14-29-27-25(21)19-15-16(8-10-22(19)34-27)33-24-11-9-18-17-5-1-2-6-20(17)31(26(18)30-24)23-7-3-4-13-28-23;/h1-14H,(H,29,32);/q-1;. The molecule has 0 saturated carbocycles. The molecule has 0 aliphatic heterocycles. The fourth-order valence-electron chi connectivity index (χ4n) is 4.35. The maximum atomic E-state index is 10.3. The minimum atomic E-state index is 0. The number of ether oxygens (including phenoxy) is 1. The van der Waals surface area contributed by atoms with Crippen LogP contribution in [-0.2, 0) is 21.1 Å². The molecule has 0 aliphatic carbocycles. The maximum absolute atomic E-state index is 10.3. The van der Waals surface area contributed by atoms with Gasteiger partial charge in [0.05, 0.1) is 11.3 Å². The number of aromatic hydroxyl groups is 1. The average molecular weight is 639 g/mol. The second-order valence-electron chi connectivity index (χ2n) is 7.84. The first-order chi connectivity index (χ1) is 16.8. The van der Waals surface area contributed by atoms with Crippen molar-refractivity contribution in [2.24, 2.45) is 0 Å². The number of nitrogens with zero attached hydrogens (tertiary/aromatic N) is 4. The number of furan rings is 1. The first-order valence-electron chi connectivity index (χ1n) is 10.7. The number of fused-ring (bicyclic) bond motifs is 6. The molecule has 172 valence electrons. The zero-order valence-corrected chi connectivity index (χ0v) is 20.2. The molecule has 0 radical (unpaired) electrons. The van der Waals surface area contributed by atoms with E-state index >= 15 is 0 Å². The Bertz CT molecular complexity index is 1860. The van der Waals surface area contributed by atoms with E-state index in [0.717, 1.165) is 27.8 Å². The molecule has 0 unspecified atom stereocenters. The summed E-state index contributed by atoms with van der Waals surface area (Å²) < 4.78 is 13.8. The molecular formula is C27H15N4O3Pt-. The van der Waals surface area contributed by atoms with E-state index in [0.29, 0.717) is 33.7 Å². The SMILES string of the molecule is Oc1ccnc2oc3ccc(Oc4ccc5c6ccccc6n(-c6ccccn6)c5n4)[c-]c3c12.[Pt]. The van der Waals surface area contributed by atoms with Crippen LogP contribution in [0.15, 0.2) is 89.6 Å². The maximum Gasteiger partial charge on any atom is 0.219 e. The van der Waals surface area contributed by atoms with Gasteiger partial charge in [0.25, 0.3) is 0 Å². The zero-order chi connectivity index (χ0) is 22.6. The molecule has 7 nitrogen and oxygen atoms in total. The molecule has 0 spiro atoms. The second-order valence-corrected chi connectivity index (χ2v) is 7.84. The summed E-state index contributed by atoms with van der Waals surface area (Å²) in [6.45, 7) is 0. The molecule has 5 heterocycles. The van der Waals surface area contributed by atoms with E-state index in [1.54, 1.807) is 18.3 Å². The molecule has 0 bridgehead atoms. The summed E-state index contributed by atoms with van der Waals surface area (Å²) in [5.74, 6) is 1.72. The van der Waals surface area contributed by atoms with Gasteiger partial charge < -0.3 is 14.3 Å². The van der Waals surface area contributed by atoms with Gasteiger partial charge in [0.2, 0.25) is 5.88 Å². The molecule has 8 heteroatoms. The molecule has 35 heavy (non-hydrogen) atoms. The molecule has 2 aromatic carbocycles. The summed E-state index contributed by atoms with van der Waals surface area (Å²) >= 11 is 0. The first kappa shape index (κ1) is 21.3. The minimum absolute atomic E-state index is 0. The van der Waals surface area contributed by atoms with Crippen molar-refractivity contribution in [2.75, 3.05) is 0 Å². The van der Waals surface area contributed by atoms with Gasteiger partial charge in [-0.3, -0.25) is 4.57 Å². The molecule has 7 rings (SSSR count). The average Bonchev–Trinajstić information content (AvgIpc) is 3.40. The monoisotopic (exact) mass is 638 g/mol. The Balaban J connectivity index is 0.00000229. The van der Waals surface area contributed by atoms with Gasteiger partial charge in [0.1, 0.15) is 5.82 Å². The number of hydrogen-bond acceptors (Lipinski definition) is 6. The normalized spacial score (nSPS) is 11.3. The largest absolute Gasteiger partial charge is 0.517 e. The fourth-order valence-corrected chi connectivity index (χ4v) is 4.35. The van der Waals surface area contributed by atoms with Crippen LogP contribution < -0.4 is 4.74 Å². The molecule has 0 saturated heterocycles. The van der Waals surface area contributed by atoms with Crippen LogP contribution in [0.25, 0.3) is 49.8 Å². The third-order valence-electron chi connectivity index (χ3n) is 5.82. The Hall–Kier alpha value is -4.22. The molecular weight excluding hydrogens is 623 g/mol. The summed E-state index contributed by atoms with van der Waals surface area (Å²) in [6, 6.07) is 26.0. The summed E-state index contributed by atoms with van der Waals surface area (Å²) in [6.07, 6.45) is 3.26. The molecule has 0 amide bonds. The molecule has 1 N–H and O–H groups in total. The number of rotatable bonds is 3. The fraction of sp³-hybridized carbons (Fsp3) is 0. The summed E-state index contributed by atoms with van der Waals surface area (Å²) in [5, 5.41) is 13.5. The smallest absolute Gasteiger partial charge is 0.219 e. The number of para-hydroxylation sites is 1. The van der Waals surface area contributed by atoms with E-state index in [1.165, 1.54) is 12.3 Å². The van der Waals surface area contributed by atoms with Gasteiger partial charge in [-0.2, -0.15) is 4.98 Å². The van der Waals surface area contributed by atoms with Gasteiger partial charge in [-0.1, -0.05) is 47.9 Å². The van der Waals surface area contributed by atoms with Crippen molar-refractivity contribution in [3.63, 3.8) is 0 Å². The number of aromatic nitrogens is 4. The van der Waals surface area contributed by atoms with E-state index in [-0.39, 0.29) is 26.8 Å². The topological polar surface area (TPSA) is 86.2 Å². The number of hydrogen-bond donors (Lipinski definition) is 1. The van der Waals surface area contributed by atoms with Gasteiger partial charge in [-0.05, 0) is 30.3 Å². The van der Waals surface area contributed by atoms with Gasteiger partial charge in [-0.25, -0.2) is 9.97 Å². The third kappa shape index (κ3) is 3.35. The van der Waals surface area contributed by atoms with Crippen molar-refractivity contribution in [3.8, 4) is 23.2 Å². The van der Waals surface area contributed by atoms with Gasteiger partial charge in [0.15, 0.2) is 11.4 Å². The van der Waals surface area contributed by atoms with Crippen LogP contribution in [0.2, 0.25) is 0 Å². The van der Waals surface area contributed by atoms with E-state index in [4.69, 9.17) is 14.1 Å². The van der Waals surface area contributed by atoms with Crippen LogP contribution in [0, 0.1) is 6.07 Å². The number of benzene rings is 2. The predicted octanol–water partition coefficient (Wildman–Crippen LogP) is 6.16. The van der Waals surface area contributed by atoms with Gasteiger partial charge in [0, 0.05) is 67.0 Å². The summed E-state index contributed by atoms with van der Waals surface area (Å²) in [5.41, 5.74) is 2.67. The van der Waals surface area contributed by atoms with Crippen molar-refractivity contribution in [1.29, 1.82) is 0 Å². The molecule has 0 atom stereocenters. The Morgan fingerprint density at radius 3 is 2.63 bits per heavy atom. The summed E-state index contributed by atoms with van der Waals surface area (Å²) in [4.78, 5) is 13.5. The van der Waals surface area contributed by atoms with Crippen molar-refractivity contribution in [3.05, 3.63) is 91.3 Å². The van der Waals surface area contributed by atoms with E-state index in [9.17, 15) is 5.11 Å². The van der Waals surface area contributed by atoms with Gasteiger partial charge in [-0.15, -0.1) is 0 Å². The van der Waals surface area contributed by atoms with Crippen molar-refractivity contribution >= 4 is 44.0 Å². The third-order valence-corrected chi connectivity index (χ3v) is 5.82. The van der Waals surface area contributed by atoms with E-state index in [1.807, 2.05) is 47.0 Å². The first-order valence-corrected chi connectivity index (χ1v) is 10.7. The predicted molar refractivity (Wildman–Crippen MR) is 128 cm³/mol. The van der Waals surface area contributed by atoms with Crippen LogP contribution in [-0.4, -0.2) is 24.6 Å². The second kappa shape index (κ2) is 8.22. The quantitative estimate of drug-likeness (QED) is 0.233. The Kier molecular flexibility index (Phi) is 5.01. The van der Waals surface area contributed by atoms with Crippen molar-refractivity contribution in [2.45, 2.75) is 0 Å². The Morgan fingerprint density at radius 1 is 0.857 bits per heavy atom. The molecule has 0 fully saturated rings.